The van der Waals surface area contributed by atoms with Gasteiger partial charge in [0.25, 0.3) is 0 Å². The van der Waals surface area contributed by atoms with Gasteiger partial charge >= 0.3 is 0 Å². The summed E-state index contributed by atoms with van der Waals surface area (Å²) in [6.07, 6.45) is 2.71. The monoisotopic (exact) mass is 514 g/mol. The SMILES string of the molecule is COc1ccc(C=NNc2nc(-c3cccc(S(=O)(=O)N4CC(C)CC(C)C4)c3)cs2)cc1OC. The van der Waals surface area contributed by atoms with Crippen molar-refractivity contribution in [3.05, 3.63) is 53.4 Å². The van der Waals surface area contributed by atoms with Crippen LogP contribution >= 0.6 is 11.3 Å². The van der Waals surface area contributed by atoms with Crippen molar-refractivity contribution in [2.24, 2.45) is 16.9 Å². The van der Waals surface area contributed by atoms with E-state index in [1.165, 1.54) is 11.3 Å². The lowest BCUT2D eigenvalue weighted by atomic mass is 9.94. The maximum Gasteiger partial charge on any atom is 0.243 e. The molecular formula is C25H30N4O4S2. The molecule has 1 aliphatic rings. The maximum atomic E-state index is 13.3. The van der Waals surface area contributed by atoms with Crippen LogP contribution in [0.25, 0.3) is 11.3 Å². The molecule has 0 amide bonds. The van der Waals surface area contributed by atoms with Gasteiger partial charge in [0.05, 0.1) is 31.0 Å². The summed E-state index contributed by atoms with van der Waals surface area (Å²) >= 11 is 1.39. The molecule has 186 valence electrons. The number of hydrazone groups is 1. The fourth-order valence-corrected chi connectivity index (χ4v) is 6.71. The van der Waals surface area contributed by atoms with Crippen LogP contribution in [0.2, 0.25) is 0 Å². The molecule has 0 aliphatic carbocycles. The van der Waals surface area contributed by atoms with Crippen LogP contribution in [-0.2, 0) is 10.0 Å². The summed E-state index contributed by atoms with van der Waals surface area (Å²) in [7, 11) is -0.381. The third-order valence-corrected chi connectivity index (χ3v) is 8.46. The van der Waals surface area contributed by atoms with Crippen molar-refractivity contribution in [1.29, 1.82) is 0 Å². The molecule has 3 aromatic rings. The highest BCUT2D eigenvalue weighted by Gasteiger charge is 2.31. The van der Waals surface area contributed by atoms with E-state index in [9.17, 15) is 8.42 Å². The molecule has 2 atom stereocenters. The lowest BCUT2D eigenvalue weighted by Crippen LogP contribution is -2.42. The number of ether oxygens (including phenoxy) is 2. The average molecular weight is 515 g/mol. The zero-order valence-corrected chi connectivity index (χ0v) is 21.9. The van der Waals surface area contributed by atoms with Gasteiger partial charge in [-0.05, 0) is 54.2 Å². The predicted octanol–water partition coefficient (Wildman–Crippen LogP) is 4.94. The Bertz CT molecular complexity index is 1300. The van der Waals surface area contributed by atoms with Crippen LogP contribution in [0.5, 0.6) is 11.5 Å². The molecule has 1 saturated heterocycles. The number of nitrogens with one attached hydrogen (secondary N) is 1. The number of rotatable bonds is 8. The zero-order chi connectivity index (χ0) is 25.0. The Balaban J connectivity index is 1.47. The molecule has 2 unspecified atom stereocenters. The molecule has 0 spiro atoms. The van der Waals surface area contributed by atoms with Gasteiger partial charge in [-0.15, -0.1) is 11.3 Å². The molecule has 1 fully saturated rings. The largest absolute Gasteiger partial charge is 0.493 e. The van der Waals surface area contributed by atoms with Gasteiger partial charge in [-0.2, -0.15) is 9.41 Å². The molecule has 35 heavy (non-hydrogen) atoms. The van der Waals surface area contributed by atoms with Crippen molar-refractivity contribution in [2.45, 2.75) is 25.2 Å². The Morgan fingerprint density at radius 3 is 2.54 bits per heavy atom. The number of methoxy groups -OCH3 is 2. The highest BCUT2D eigenvalue weighted by Crippen LogP contribution is 2.31. The summed E-state index contributed by atoms with van der Waals surface area (Å²) in [5.74, 6) is 1.97. The van der Waals surface area contributed by atoms with Crippen molar-refractivity contribution >= 4 is 32.7 Å². The molecule has 1 aliphatic heterocycles. The molecule has 10 heteroatoms. The molecule has 4 rings (SSSR count). The first-order valence-corrected chi connectivity index (χ1v) is 13.7. The van der Waals surface area contributed by atoms with Gasteiger partial charge in [-0.1, -0.05) is 26.0 Å². The first kappa shape index (κ1) is 25.2. The van der Waals surface area contributed by atoms with Gasteiger partial charge < -0.3 is 9.47 Å². The van der Waals surface area contributed by atoms with E-state index in [1.54, 1.807) is 42.9 Å². The van der Waals surface area contributed by atoms with Gasteiger partial charge in [-0.25, -0.2) is 13.4 Å². The summed E-state index contributed by atoms with van der Waals surface area (Å²) in [6, 6.07) is 12.5. The Kier molecular flexibility index (Phi) is 7.73. The van der Waals surface area contributed by atoms with Crippen LogP contribution in [-0.4, -0.2) is 51.2 Å². The van der Waals surface area contributed by atoms with E-state index in [1.807, 2.05) is 29.6 Å². The molecule has 0 saturated carbocycles. The topological polar surface area (TPSA) is 93.1 Å². The van der Waals surface area contributed by atoms with Crippen molar-refractivity contribution in [3.8, 4) is 22.8 Å². The molecule has 2 aromatic carbocycles. The van der Waals surface area contributed by atoms with Crippen LogP contribution in [0.1, 0.15) is 25.8 Å². The summed E-state index contributed by atoms with van der Waals surface area (Å²) < 4.78 is 38.8. The molecule has 2 heterocycles. The standard InChI is InChI=1S/C25H30N4O4S2/c1-17-10-18(2)15-29(14-17)35(30,31)21-7-5-6-20(12-21)22-16-34-25(27-22)28-26-13-19-8-9-23(32-3)24(11-19)33-4/h5-9,11-13,16-18H,10,14-15H2,1-4H3,(H,27,28). The Morgan fingerprint density at radius 2 is 1.83 bits per heavy atom. The van der Waals surface area contributed by atoms with E-state index < -0.39 is 10.0 Å². The van der Waals surface area contributed by atoms with Crippen molar-refractivity contribution in [2.75, 3.05) is 32.7 Å². The quantitative estimate of drug-likeness (QED) is 0.338. The Morgan fingerprint density at radius 1 is 1.09 bits per heavy atom. The molecule has 8 nitrogen and oxygen atoms in total. The normalized spacial score (nSPS) is 19.1. The number of nitrogens with zero attached hydrogens (tertiary/aromatic N) is 3. The minimum absolute atomic E-state index is 0.297. The predicted molar refractivity (Wildman–Crippen MR) is 140 cm³/mol. The fraction of sp³-hybridized carbons (Fsp3) is 0.360. The third kappa shape index (κ3) is 5.83. The maximum absolute atomic E-state index is 13.3. The Labute approximate surface area is 210 Å². The lowest BCUT2D eigenvalue weighted by molar-refractivity contribution is 0.222. The van der Waals surface area contributed by atoms with E-state index in [0.29, 0.717) is 52.1 Å². The number of piperidine rings is 1. The highest BCUT2D eigenvalue weighted by molar-refractivity contribution is 7.89. The molecular weight excluding hydrogens is 484 g/mol. The van der Waals surface area contributed by atoms with Gasteiger partial charge in [0.1, 0.15) is 0 Å². The van der Waals surface area contributed by atoms with Gasteiger partial charge in [0, 0.05) is 24.0 Å². The summed E-state index contributed by atoms with van der Waals surface area (Å²) in [4.78, 5) is 4.87. The number of anilines is 1. The minimum atomic E-state index is -3.56. The molecule has 1 N–H and O–H groups in total. The van der Waals surface area contributed by atoms with E-state index >= 15 is 0 Å². The first-order chi connectivity index (χ1) is 16.8. The second kappa shape index (κ2) is 10.8. The van der Waals surface area contributed by atoms with Crippen molar-refractivity contribution in [3.63, 3.8) is 0 Å². The number of hydrogen-bond donors (Lipinski definition) is 1. The fourth-order valence-electron chi connectivity index (χ4n) is 4.32. The van der Waals surface area contributed by atoms with E-state index in [0.717, 1.165) is 17.5 Å². The van der Waals surface area contributed by atoms with Crippen LogP contribution in [0.3, 0.4) is 0 Å². The van der Waals surface area contributed by atoms with Crippen LogP contribution < -0.4 is 14.9 Å². The van der Waals surface area contributed by atoms with Gasteiger partial charge in [0.15, 0.2) is 11.5 Å². The van der Waals surface area contributed by atoms with Crippen LogP contribution in [0.15, 0.2) is 57.8 Å². The smallest absolute Gasteiger partial charge is 0.243 e. The summed E-state index contributed by atoms with van der Waals surface area (Å²) in [5, 5.41) is 6.74. The van der Waals surface area contributed by atoms with Gasteiger partial charge in [0.2, 0.25) is 15.2 Å². The number of aromatic nitrogens is 1. The van der Waals surface area contributed by atoms with Crippen LogP contribution in [0.4, 0.5) is 5.13 Å². The summed E-state index contributed by atoms with van der Waals surface area (Å²) in [6.45, 7) is 5.32. The second-order valence-corrected chi connectivity index (χ2v) is 11.6. The minimum Gasteiger partial charge on any atom is -0.493 e. The highest BCUT2D eigenvalue weighted by atomic mass is 32.2. The summed E-state index contributed by atoms with van der Waals surface area (Å²) in [5.41, 5.74) is 5.21. The Hall–Kier alpha value is -2.95. The number of sulfonamides is 1. The molecule has 1 aromatic heterocycles. The van der Waals surface area contributed by atoms with Crippen molar-refractivity contribution in [1.82, 2.24) is 9.29 Å². The number of benzene rings is 2. The lowest BCUT2D eigenvalue weighted by Gasteiger charge is -2.34. The second-order valence-electron chi connectivity index (χ2n) is 8.82. The van der Waals surface area contributed by atoms with E-state index in [4.69, 9.17) is 9.47 Å². The third-order valence-electron chi connectivity index (χ3n) is 5.89. The van der Waals surface area contributed by atoms with Crippen LogP contribution in [0, 0.1) is 11.8 Å². The van der Waals surface area contributed by atoms with E-state index in [-0.39, 0.29) is 0 Å². The first-order valence-electron chi connectivity index (χ1n) is 11.4. The number of hydrogen-bond acceptors (Lipinski definition) is 8. The average Bonchev–Trinajstić information content (AvgIpc) is 3.32. The zero-order valence-electron chi connectivity index (χ0n) is 20.3. The number of thiazole rings is 1. The van der Waals surface area contributed by atoms with Crippen molar-refractivity contribution < 1.29 is 17.9 Å². The molecule has 0 radical (unpaired) electrons. The van der Waals surface area contributed by atoms with E-state index in [2.05, 4.69) is 29.4 Å². The van der Waals surface area contributed by atoms with Gasteiger partial charge in [-0.3, -0.25) is 5.43 Å². The molecule has 0 bridgehead atoms.